The van der Waals surface area contributed by atoms with Gasteiger partial charge in [-0.2, -0.15) is 0 Å². The molecule has 5 heteroatoms. The third kappa shape index (κ3) is 34.1. The molecule has 0 amide bonds. The fourth-order valence-electron chi connectivity index (χ4n) is 4.54. The van der Waals surface area contributed by atoms with Gasteiger partial charge in [0.25, 0.3) is 0 Å². The van der Waals surface area contributed by atoms with Crippen molar-refractivity contribution in [3.63, 3.8) is 0 Å². The predicted molar refractivity (Wildman–Crippen MR) is 187 cm³/mol. The Hall–Kier alpha value is -2.40. The summed E-state index contributed by atoms with van der Waals surface area (Å²) in [4.78, 5) is 23.8. The molecule has 0 saturated heterocycles. The van der Waals surface area contributed by atoms with Crippen LogP contribution in [-0.4, -0.2) is 36.4 Å². The molecule has 0 bridgehead atoms. The third-order valence-corrected chi connectivity index (χ3v) is 7.24. The van der Waals surface area contributed by atoms with Crippen molar-refractivity contribution in [1.29, 1.82) is 0 Å². The first-order chi connectivity index (χ1) is 21.6. The van der Waals surface area contributed by atoms with Crippen LogP contribution in [0.4, 0.5) is 0 Å². The van der Waals surface area contributed by atoms with E-state index in [0.29, 0.717) is 12.8 Å². The molecule has 1 unspecified atom stereocenters. The van der Waals surface area contributed by atoms with Gasteiger partial charge in [0.15, 0.2) is 0 Å². The Bertz CT molecular complexity index is 792. The maximum absolute atomic E-state index is 11.9. The summed E-state index contributed by atoms with van der Waals surface area (Å²) in [5.74, 6) is -0.606. The van der Waals surface area contributed by atoms with E-state index >= 15 is 0 Å². The van der Waals surface area contributed by atoms with Gasteiger partial charge < -0.3 is 14.6 Å². The summed E-state index contributed by atoms with van der Waals surface area (Å²) in [6.07, 6.45) is 44.1. The normalized spacial score (nSPS) is 12.9. The predicted octanol–water partition coefficient (Wildman–Crippen LogP) is 10.8. The van der Waals surface area contributed by atoms with Gasteiger partial charge in [-0.05, 0) is 77.0 Å². The summed E-state index contributed by atoms with van der Waals surface area (Å²) in [5.41, 5.74) is 0. The lowest BCUT2D eigenvalue weighted by molar-refractivity contribution is -0.152. The van der Waals surface area contributed by atoms with Gasteiger partial charge in [0.2, 0.25) is 0 Å². The molecule has 0 aromatic rings. The van der Waals surface area contributed by atoms with E-state index in [9.17, 15) is 14.7 Å². The van der Waals surface area contributed by atoms with Crippen molar-refractivity contribution < 1.29 is 24.2 Å². The van der Waals surface area contributed by atoms with Crippen molar-refractivity contribution >= 4 is 11.9 Å². The molecule has 0 heterocycles. The highest BCUT2D eigenvalue weighted by atomic mass is 16.6. The average Bonchev–Trinajstić information content (AvgIpc) is 3.02. The molecule has 0 fully saturated rings. The first-order valence-electron chi connectivity index (χ1n) is 17.8. The third-order valence-electron chi connectivity index (χ3n) is 7.24. The highest BCUT2D eigenvalue weighted by Crippen LogP contribution is 2.10. The van der Waals surface area contributed by atoms with Crippen molar-refractivity contribution in [2.24, 2.45) is 0 Å². The van der Waals surface area contributed by atoms with Crippen LogP contribution in [0.2, 0.25) is 0 Å². The van der Waals surface area contributed by atoms with Crippen LogP contribution < -0.4 is 0 Å². The van der Waals surface area contributed by atoms with E-state index in [1.54, 1.807) is 0 Å². The van der Waals surface area contributed by atoms with Gasteiger partial charge in [0, 0.05) is 12.8 Å². The van der Waals surface area contributed by atoms with Crippen LogP contribution >= 0.6 is 0 Å². The molecule has 0 aromatic heterocycles. The average molecular weight is 615 g/mol. The van der Waals surface area contributed by atoms with Crippen LogP contribution in [0.5, 0.6) is 0 Å². The zero-order chi connectivity index (χ0) is 32.2. The molecule has 0 aliphatic rings. The summed E-state index contributed by atoms with van der Waals surface area (Å²) in [6.45, 7) is 4.12. The number of esters is 2. The Kier molecular flexibility index (Phi) is 33.2. The first kappa shape index (κ1) is 41.6. The minimum absolute atomic E-state index is 0.132. The number of allylic oxidation sites excluding steroid dienone is 10. The summed E-state index contributed by atoms with van der Waals surface area (Å²) in [6, 6.07) is 0. The van der Waals surface area contributed by atoms with E-state index in [4.69, 9.17) is 9.47 Å². The molecular weight excluding hydrogens is 548 g/mol. The SMILES string of the molecule is CCC=CCC=CCC=CCCCCCCCC(=O)OCC(O)COC(=O)CCCCCCCC=CCC=CCCCCC. The highest BCUT2D eigenvalue weighted by Gasteiger charge is 2.12. The molecule has 5 nitrogen and oxygen atoms in total. The second-order valence-corrected chi connectivity index (χ2v) is 11.6. The monoisotopic (exact) mass is 614 g/mol. The van der Waals surface area contributed by atoms with E-state index in [1.807, 2.05) is 0 Å². The van der Waals surface area contributed by atoms with Gasteiger partial charge in [-0.3, -0.25) is 9.59 Å². The number of hydrogen-bond donors (Lipinski definition) is 1. The molecule has 0 saturated carbocycles. The molecule has 0 aliphatic heterocycles. The van der Waals surface area contributed by atoms with Crippen molar-refractivity contribution in [3.05, 3.63) is 60.8 Å². The van der Waals surface area contributed by atoms with E-state index in [0.717, 1.165) is 83.5 Å². The summed E-state index contributed by atoms with van der Waals surface area (Å²) >= 11 is 0. The van der Waals surface area contributed by atoms with E-state index in [1.165, 1.54) is 44.9 Å². The highest BCUT2D eigenvalue weighted by molar-refractivity contribution is 5.69. The molecule has 0 radical (unpaired) electrons. The van der Waals surface area contributed by atoms with Gasteiger partial charge in [-0.1, -0.05) is 126 Å². The smallest absolute Gasteiger partial charge is 0.305 e. The molecule has 0 rings (SSSR count). The fourth-order valence-corrected chi connectivity index (χ4v) is 4.54. The van der Waals surface area contributed by atoms with Crippen LogP contribution in [0.1, 0.15) is 155 Å². The van der Waals surface area contributed by atoms with Crippen LogP contribution in [0.25, 0.3) is 0 Å². The van der Waals surface area contributed by atoms with Gasteiger partial charge >= 0.3 is 11.9 Å². The number of ether oxygens (including phenoxy) is 2. The molecule has 1 N–H and O–H groups in total. The fraction of sp³-hybridized carbons (Fsp3) is 0.692. The van der Waals surface area contributed by atoms with Gasteiger partial charge in [-0.25, -0.2) is 0 Å². The minimum Gasteiger partial charge on any atom is -0.463 e. The first-order valence-corrected chi connectivity index (χ1v) is 17.8. The molecule has 0 spiro atoms. The van der Waals surface area contributed by atoms with Crippen molar-refractivity contribution in [2.75, 3.05) is 13.2 Å². The Morgan fingerprint density at radius 3 is 1.30 bits per heavy atom. The van der Waals surface area contributed by atoms with Gasteiger partial charge in [0.05, 0.1) is 0 Å². The molecular formula is C39H66O5. The standard InChI is InChI=1S/C39H66O5/c1-3-5-7-9-11-13-15-17-19-21-23-25-27-29-31-33-38(41)43-35-37(40)36-44-39(42)34-32-30-28-26-24-22-20-18-16-14-12-10-8-6-4-2/h5,7,11-14,17-20,37,40H,3-4,6,8-10,15-16,21-36H2,1-2H3. The number of rotatable bonds is 31. The Morgan fingerprint density at radius 1 is 0.500 bits per heavy atom. The van der Waals surface area contributed by atoms with E-state index in [-0.39, 0.29) is 25.2 Å². The van der Waals surface area contributed by atoms with Crippen molar-refractivity contribution in [3.8, 4) is 0 Å². The van der Waals surface area contributed by atoms with Crippen molar-refractivity contribution in [1.82, 2.24) is 0 Å². The van der Waals surface area contributed by atoms with Crippen LogP contribution in [0.3, 0.4) is 0 Å². The van der Waals surface area contributed by atoms with Gasteiger partial charge in [-0.15, -0.1) is 0 Å². The zero-order valence-electron chi connectivity index (χ0n) is 28.4. The van der Waals surface area contributed by atoms with E-state index < -0.39 is 6.10 Å². The topological polar surface area (TPSA) is 72.8 Å². The molecule has 1 atom stereocenters. The van der Waals surface area contributed by atoms with Crippen LogP contribution in [0.15, 0.2) is 60.8 Å². The lowest BCUT2D eigenvalue weighted by Crippen LogP contribution is -2.25. The number of aliphatic hydroxyl groups excluding tert-OH is 1. The molecule has 44 heavy (non-hydrogen) atoms. The number of carbonyl (C=O) groups excluding carboxylic acids is 2. The second kappa shape index (κ2) is 35.1. The Morgan fingerprint density at radius 2 is 0.864 bits per heavy atom. The van der Waals surface area contributed by atoms with Crippen LogP contribution in [-0.2, 0) is 19.1 Å². The quantitative estimate of drug-likeness (QED) is 0.0478. The van der Waals surface area contributed by atoms with Crippen LogP contribution in [0, 0.1) is 0 Å². The Labute approximate surface area is 271 Å². The number of carbonyl (C=O) groups is 2. The summed E-state index contributed by atoms with van der Waals surface area (Å²) in [7, 11) is 0. The lowest BCUT2D eigenvalue weighted by Gasteiger charge is -2.12. The molecule has 0 aliphatic carbocycles. The molecule has 0 aromatic carbocycles. The van der Waals surface area contributed by atoms with E-state index in [2.05, 4.69) is 74.6 Å². The van der Waals surface area contributed by atoms with Crippen molar-refractivity contribution in [2.45, 2.75) is 161 Å². The number of unbranched alkanes of at least 4 members (excludes halogenated alkanes) is 13. The molecule has 252 valence electrons. The lowest BCUT2D eigenvalue weighted by atomic mass is 10.1. The number of aliphatic hydroxyl groups is 1. The maximum Gasteiger partial charge on any atom is 0.305 e. The number of hydrogen-bond acceptors (Lipinski definition) is 5. The largest absolute Gasteiger partial charge is 0.463 e. The van der Waals surface area contributed by atoms with Gasteiger partial charge in [0.1, 0.15) is 19.3 Å². The minimum atomic E-state index is -0.978. The summed E-state index contributed by atoms with van der Waals surface area (Å²) in [5, 5.41) is 9.98. The zero-order valence-corrected chi connectivity index (χ0v) is 28.4. The maximum atomic E-state index is 11.9. The second-order valence-electron chi connectivity index (χ2n) is 11.6. The summed E-state index contributed by atoms with van der Waals surface area (Å²) < 4.78 is 10.3. The Balaban J connectivity index is 3.52.